The average Bonchev–Trinajstić information content (AvgIpc) is 3.03. The number of anilines is 1. The molecule has 1 aliphatic carbocycles. The van der Waals surface area contributed by atoms with Crippen LogP contribution in [0.5, 0.6) is 5.88 Å². The van der Waals surface area contributed by atoms with Crippen molar-refractivity contribution in [3.8, 4) is 11.9 Å². The first-order valence-corrected chi connectivity index (χ1v) is 11.5. The highest BCUT2D eigenvalue weighted by molar-refractivity contribution is 7.89. The standard InChI is InChI=1S/C19H23F2N7O3S/c1-18(11-19(18,20)21)12-31-16-13(7-22)8-23-17(26-16)25-14-3-5-28(6-4-14)32(29,30)15-9-24-27(2)10-15/h8-10,14H,3-6,11-12H2,1-2H3,(H,23,25,26). The van der Waals surface area contributed by atoms with Gasteiger partial charge < -0.3 is 10.1 Å². The van der Waals surface area contributed by atoms with Gasteiger partial charge in [-0.2, -0.15) is 19.6 Å². The lowest BCUT2D eigenvalue weighted by Gasteiger charge is -2.31. The Morgan fingerprint density at radius 1 is 1.34 bits per heavy atom. The number of nitriles is 1. The number of sulfonamides is 1. The first-order valence-electron chi connectivity index (χ1n) is 10.1. The Labute approximate surface area is 184 Å². The van der Waals surface area contributed by atoms with Crippen LogP contribution in [0, 0.1) is 16.7 Å². The van der Waals surface area contributed by atoms with E-state index in [1.807, 2.05) is 6.07 Å². The minimum Gasteiger partial charge on any atom is -0.476 e. The van der Waals surface area contributed by atoms with Crippen LogP contribution in [0.4, 0.5) is 14.7 Å². The molecule has 1 atom stereocenters. The predicted octanol–water partition coefficient (Wildman–Crippen LogP) is 1.77. The van der Waals surface area contributed by atoms with E-state index in [1.165, 1.54) is 34.5 Å². The number of ether oxygens (including phenoxy) is 1. The third-order valence-electron chi connectivity index (χ3n) is 5.88. The second kappa shape index (κ2) is 7.93. The van der Waals surface area contributed by atoms with Crippen molar-refractivity contribution in [1.29, 1.82) is 5.26 Å². The number of nitrogens with one attached hydrogen (secondary N) is 1. The van der Waals surface area contributed by atoms with Gasteiger partial charge in [-0.15, -0.1) is 0 Å². The van der Waals surface area contributed by atoms with Crippen molar-refractivity contribution in [2.75, 3.05) is 25.0 Å². The van der Waals surface area contributed by atoms with Gasteiger partial charge in [-0.3, -0.25) is 4.68 Å². The number of piperidine rings is 1. The van der Waals surface area contributed by atoms with Crippen LogP contribution in [-0.2, 0) is 17.1 Å². The SMILES string of the molecule is Cn1cc(S(=O)(=O)N2CCC(Nc3ncc(C#N)c(OCC4(C)CC4(F)F)n3)CC2)cn1. The van der Waals surface area contributed by atoms with Gasteiger partial charge in [0.25, 0.3) is 5.92 Å². The highest BCUT2D eigenvalue weighted by atomic mass is 32.2. The number of alkyl halides is 2. The summed E-state index contributed by atoms with van der Waals surface area (Å²) in [7, 11) is -1.95. The van der Waals surface area contributed by atoms with Gasteiger partial charge in [-0.25, -0.2) is 22.2 Å². The highest BCUT2D eigenvalue weighted by Gasteiger charge is 2.68. The van der Waals surface area contributed by atoms with Crippen molar-refractivity contribution in [2.24, 2.45) is 12.5 Å². The molecule has 1 N–H and O–H groups in total. The smallest absolute Gasteiger partial charge is 0.257 e. The molecule has 1 saturated carbocycles. The molecule has 0 amide bonds. The topological polar surface area (TPSA) is 126 Å². The van der Waals surface area contributed by atoms with E-state index >= 15 is 0 Å². The number of hydrogen-bond donors (Lipinski definition) is 1. The van der Waals surface area contributed by atoms with Crippen molar-refractivity contribution < 1.29 is 21.9 Å². The number of nitrogens with zero attached hydrogens (tertiary/aromatic N) is 6. The molecular weight excluding hydrogens is 444 g/mol. The molecule has 0 bridgehead atoms. The van der Waals surface area contributed by atoms with Crippen molar-refractivity contribution in [1.82, 2.24) is 24.1 Å². The molecule has 3 heterocycles. The summed E-state index contributed by atoms with van der Waals surface area (Å²) in [6, 6.07) is 1.80. The lowest BCUT2D eigenvalue weighted by atomic mass is 10.1. The van der Waals surface area contributed by atoms with Gasteiger partial charge in [-0.05, 0) is 12.8 Å². The minimum absolute atomic E-state index is 0.0504. The van der Waals surface area contributed by atoms with Crippen LogP contribution in [0.25, 0.3) is 0 Å². The van der Waals surface area contributed by atoms with Crippen molar-refractivity contribution in [3.63, 3.8) is 0 Å². The van der Waals surface area contributed by atoms with Gasteiger partial charge in [0.2, 0.25) is 21.9 Å². The molecule has 32 heavy (non-hydrogen) atoms. The van der Waals surface area contributed by atoms with E-state index in [9.17, 15) is 22.5 Å². The molecule has 0 spiro atoms. The Morgan fingerprint density at radius 2 is 2.03 bits per heavy atom. The van der Waals surface area contributed by atoms with E-state index in [2.05, 4.69) is 20.4 Å². The van der Waals surface area contributed by atoms with Crippen LogP contribution in [0.1, 0.15) is 31.7 Å². The lowest BCUT2D eigenvalue weighted by Crippen LogP contribution is -2.42. The molecule has 0 radical (unpaired) electrons. The van der Waals surface area contributed by atoms with E-state index < -0.39 is 21.4 Å². The van der Waals surface area contributed by atoms with Crippen LogP contribution in [0.3, 0.4) is 0 Å². The fraction of sp³-hybridized carbons (Fsp3) is 0.579. The van der Waals surface area contributed by atoms with Crippen LogP contribution in [0.15, 0.2) is 23.5 Å². The van der Waals surface area contributed by atoms with Crippen molar-refractivity contribution in [2.45, 2.75) is 43.0 Å². The maximum atomic E-state index is 13.4. The van der Waals surface area contributed by atoms with Gasteiger partial charge in [-0.1, -0.05) is 6.92 Å². The zero-order valence-corrected chi connectivity index (χ0v) is 18.4. The summed E-state index contributed by atoms with van der Waals surface area (Å²) in [5.74, 6) is -2.64. The Balaban J connectivity index is 1.37. The second-order valence-corrected chi connectivity index (χ2v) is 10.4. The fourth-order valence-corrected chi connectivity index (χ4v) is 5.01. The molecule has 172 valence electrons. The Hall–Kier alpha value is -2.85. The Bertz CT molecular complexity index is 1160. The molecule has 2 aromatic rings. The first kappa shape index (κ1) is 22.3. The van der Waals surface area contributed by atoms with E-state index in [4.69, 9.17) is 4.74 Å². The third-order valence-corrected chi connectivity index (χ3v) is 7.73. The number of aromatic nitrogens is 4. The quantitative estimate of drug-likeness (QED) is 0.653. The van der Waals surface area contributed by atoms with Gasteiger partial charge in [0.1, 0.15) is 23.1 Å². The maximum Gasteiger partial charge on any atom is 0.257 e. The lowest BCUT2D eigenvalue weighted by molar-refractivity contribution is 0.0490. The van der Waals surface area contributed by atoms with Crippen LogP contribution in [0.2, 0.25) is 0 Å². The predicted molar refractivity (Wildman–Crippen MR) is 109 cm³/mol. The summed E-state index contributed by atoms with van der Waals surface area (Å²) < 4.78 is 60.6. The molecule has 2 aromatic heterocycles. The van der Waals surface area contributed by atoms with Crippen LogP contribution < -0.4 is 10.1 Å². The molecule has 4 rings (SSSR count). The van der Waals surface area contributed by atoms with Gasteiger partial charge in [0.15, 0.2) is 0 Å². The minimum atomic E-state index is -3.60. The summed E-state index contributed by atoms with van der Waals surface area (Å²) in [5.41, 5.74) is -1.20. The van der Waals surface area contributed by atoms with E-state index in [-0.39, 0.29) is 41.4 Å². The number of rotatable bonds is 7. The van der Waals surface area contributed by atoms with E-state index in [0.29, 0.717) is 25.9 Å². The van der Waals surface area contributed by atoms with Gasteiger partial charge in [0, 0.05) is 38.8 Å². The Morgan fingerprint density at radius 3 is 2.59 bits per heavy atom. The molecule has 10 nitrogen and oxygen atoms in total. The Kier molecular flexibility index (Phi) is 5.54. The molecule has 0 aromatic carbocycles. The molecule has 2 fully saturated rings. The summed E-state index contributed by atoms with van der Waals surface area (Å²) in [5, 5.41) is 16.3. The van der Waals surface area contributed by atoms with Gasteiger partial charge in [0.05, 0.1) is 17.8 Å². The summed E-state index contributed by atoms with van der Waals surface area (Å²) in [6.45, 7) is 1.78. The fourth-order valence-electron chi connectivity index (χ4n) is 3.56. The molecule has 2 aliphatic rings. The normalized spacial score (nSPS) is 23.5. The third kappa shape index (κ3) is 4.24. The largest absolute Gasteiger partial charge is 0.476 e. The number of aryl methyl sites for hydroxylation is 1. The summed E-state index contributed by atoms with van der Waals surface area (Å²) in [4.78, 5) is 8.43. The van der Waals surface area contributed by atoms with Gasteiger partial charge >= 0.3 is 0 Å². The second-order valence-electron chi connectivity index (χ2n) is 8.43. The first-order chi connectivity index (χ1) is 15.0. The zero-order chi connectivity index (χ0) is 23.1. The molecular formula is C19H23F2N7O3S. The van der Waals surface area contributed by atoms with Crippen LogP contribution >= 0.6 is 0 Å². The molecule has 13 heteroatoms. The monoisotopic (exact) mass is 467 g/mol. The highest BCUT2D eigenvalue weighted by Crippen LogP contribution is 2.60. The average molecular weight is 468 g/mol. The molecule has 1 saturated heterocycles. The maximum absolute atomic E-state index is 13.4. The van der Waals surface area contributed by atoms with Crippen molar-refractivity contribution in [3.05, 3.63) is 24.2 Å². The zero-order valence-electron chi connectivity index (χ0n) is 17.6. The summed E-state index contributed by atoms with van der Waals surface area (Å²) >= 11 is 0. The molecule has 1 aliphatic heterocycles. The number of halogens is 2. The van der Waals surface area contributed by atoms with Crippen molar-refractivity contribution >= 4 is 16.0 Å². The van der Waals surface area contributed by atoms with E-state index in [1.54, 1.807) is 7.05 Å². The number of hydrogen-bond acceptors (Lipinski definition) is 8. The van der Waals surface area contributed by atoms with E-state index in [0.717, 1.165) is 0 Å². The molecule has 1 unspecified atom stereocenters. The van der Waals surface area contributed by atoms with Crippen LogP contribution in [-0.4, -0.2) is 64.1 Å². The summed E-state index contributed by atoms with van der Waals surface area (Å²) in [6.07, 6.45) is 4.83.